The van der Waals surface area contributed by atoms with E-state index in [4.69, 9.17) is 4.74 Å². The van der Waals surface area contributed by atoms with Gasteiger partial charge in [-0.1, -0.05) is 29.8 Å². The van der Waals surface area contributed by atoms with Gasteiger partial charge in [0.05, 0.1) is 21.6 Å². The van der Waals surface area contributed by atoms with Gasteiger partial charge in [-0.05, 0) is 44.5 Å². The molecule has 0 spiro atoms. The van der Waals surface area contributed by atoms with Gasteiger partial charge in [-0.25, -0.2) is 4.98 Å². The first kappa shape index (κ1) is 18.3. The third-order valence-corrected chi connectivity index (χ3v) is 5.31. The number of esters is 1. The minimum Gasteiger partial charge on any atom is -0.454 e. The number of Topliss-reactive ketones (excluding diaryl/α,β-unsaturated/α-hetero) is 1. The predicted molar refractivity (Wildman–Crippen MR) is 104 cm³/mol. The van der Waals surface area contributed by atoms with Gasteiger partial charge in [-0.3, -0.25) is 9.59 Å². The van der Waals surface area contributed by atoms with Gasteiger partial charge in [-0.15, -0.1) is 11.3 Å². The lowest BCUT2D eigenvalue weighted by Crippen LogP contribution is -2.25. The molecule has 4 nitrogen and oxygen atoms in total. The van der Waals surface area contributed by atoms with Gasteiger partial charge in [0.1, 0.15) is 0 Å². The van der Waals surface area contributed by atoms with Crippen LogP contribution in [0.25, 0.3) is 10.2 Å². The second-order valence-electron chi connectivity index (χ2n) is 6.39. The molecule has 26 heavy (non-hydrogen) atoms. The summed E-state index contributed by atoms with van der Waals surface area (Å²) in [6, 6.07) is 13.6. The number of carbonyl (C=O) groups excluding carboxylic acids is 2. The van der Waals surface area contributed by atoms with Crippen LogP contribution in [0.15, 0.2) is 42.5 Å². The first-order valence-corrected chi connectivity index (χ1v) is 9.41. The fraction of sp³-hybridized carbons (Fsp3) is 0.286. The molecule has 0 amide bonds. The number of hydrogen-bond donors (Lipinski definition) is 0. The maximum Gasteiger partial charge on any atom is 0.306 e. The number of fused-ring (bicyclic) bond motifs is 1. The van der Waals surface area contributed by atoms with Crippen molar-refractivity contribution < 1.29 is 14.3 Å². The molecule has 0 aliphatic carbocycles. The molecule has 2 aromatic carbocycles. The van der Waals surface area contributed by atoms with Crippen LogP contribution in [-0.4, -0.2) is 22.8 Å². The van der Waals surface area contributed by atoms with Crippen molar-refractivity contribution in [2.24, 2.45) is 0 Å². The van der Waals surface area contributed by atoms with Crippen molar-refractivity contribution in [2.75, 3.05) is 0 Å². The van der Waals surface area contributed by atoms with Crippen molar-refractivity contribution in [3.05, 3.63) is 64.2 Å². The zero-order valence-electron chi connectivity index (χ0n) is 15.1. The number of ether oxygens (including phenoxy) is 1. The first-order chi connectivity index (χ1) is 12.4. The number of hydrogen-bond acceptors (Lipinski definition) is 5. The van der Waals surface area contributed by atoms with Crippen LogP contribution in [0.3, 0.4) is 0 Å². The van der Waals surface area contributed by atoms with Crippen LogP contribution in [0.4, 0.5) is 0 Å². The van der Waals surface area contributed by atoms with Crippen LogP contribution < -0.4 is 0 Å². The largest absolute Gasteiger partial charge is 0.454 e. The molecular weight excluding hydrogens is 346 g/mol. The van der Waals surface area contributed by atoms with E-state index in [1.165, 1.54) is 0 Å². The number of aryl methyl sites for hydroxylation is 3. The molecule has 0 saturated carbocycles. The molecule has 3 rings (SSSR count). The summed E-state index contributed by atoms with van der Waals surface area (Å²) in [5.74, 6) is -0.546. The van der Waals surface area contributed by atoms with E-state index in [1.807, 2.05) is 56.3 Å². The molecular formula is C21H21NO3S. The van der Waals surface area contributed by atoms with Crippen molar-refractivity contribution in [3.8, 4) is 0 Å². The number of rotatable bonds is 6. The highest BCUT2D eigenvalue weighted by Gasteiger charge is 2.21. The Kier molecular flexibility index (Phi) is 5.47. The molecule has 3 aromatic rings. The highest BCUT2D eigenvalue weighted by Crippen LogP contribution is 2.22. The monoisotopic (exact) mass is 367 g/mol. The summed E-state index contributed by atoms with van der Waals surface area (Å²) in [6.07, 6.45) is -0.0642. The van der Waals surface area contributed by atoms with E-state index in [0.717, 1.165) is 26.4 Å². The molecule has 1 heterocycles. The van der Waals surface area contributed by atoms with Crippen molar-refractivity contribution in [1.82, 2.24) is 4.98 Å². The molecule has 0 N–H and O–H groups in total. The van der Waals surface area contributed by atoms with E-state index in [9.17, 15) is 9.59 Å². The summed E-state index contributed by atoms with van der Waals surface area (Å²) in [4.78, 5) is 29.2. The van der Waals surface area contributed by atoms with Crippen molar-refractivity contribution in [3.63, 3.8) is 0 Å². The van der Waals surface area contributed by atoms with E-state index in [1.54, 1.807) is 18.3 Å². The Balaban J connectivity index is 1.58. The molecule has 1 atom stereocenters. The molecule has 0 saturated heterocycles. The third kappa shape index (κ3) is 4.17. The Morgan fingerprint density at radius 3 is 2.69 bits per heavy atom. The highest BCUT2D eigenvalue weighted by molar-refractivity contribution is 7.18. The number of nitrogens with zero attached hydrogens (tertiary/aromatic N) is 1. The molecule has 0 unspecified atom stereocenters. The lowest BCUT2D eigenvalue weighted by Gasteiger charge is -2.14. The molecule has 0 radical (unpaired) electrons. The van der Waals surface area contributed by atoms with E-state index < -0.39 is 6.10 Å². The zero-order chi connectivity index (χ0) is 18.7. The number of aromatic nitrogens is 1. The standard InChI is InChI=1S/C21H21NO3S/c1-13-8-9-14(2)16(12-13)21(24)15(3)25-20(23)11-10-19-22-17-6-4-5-7-18(17)26-19/h4-9,12,15H,10-11H2,1-3H3/t15-/m1/s1. The van der Waals surface area contributed by atoms with Crippen molar-refractivity contribution >= 4 is 33.3 Å². The molecule has 1 aromatic heterocycles. The Morgan fingerprint density at radius 1 is 1.15 bits per heavy atom. The summed E-state index contributed by atoms with van der Waals surface area (Å²) < 4.78 is 6.45. The van der Waals surface area contributed by atoms with Gasteiger partial charge in [0.2, 0.25) is 5.78 Å². The SMILES string of the molecule is Cc1ccc(C)c(C(=O)[C@@H](C)OC(=O)CCc2nc3ccccc3s2)c1. The number of ketones is 1. The maximum absolute atomic E-state index is 12.6. The Bertz CT molecular complexity index is 928. The minimum absolute atomic E-state index is 0.167. The average Bonchev–Trinajstić information content (AvgIpc) is 3.04. The topological polar surface area (TPSA) is 56.3 Å². The third-order valence-electron chi connectivity index (χ3n) is 4.22. The van der Waals surface area contributed by atoms with Crippen LogP contribution in [0.2, 0.25) is 0 Å². The number of benzene rings is 2. The van der Waals surface area contributed by atoms with Crippen molar-refractivity contribution in [1.29, 1.82) is 0 Å². The Hall–Kier alpha value is -2.53. The van der Waals surface area contributed by atoms with Crippen LogP contribution in [0.1, 0.15) is 39.8 Å². The van der Waals surface area contributed by atoms with Crippen LogP contribution in [0.5, 0.6) is 0 Å². The molecule has 0 fully saturated rings. The summed E-state index contributed by atoms with van der Waals surface area (Å²) in [5, 5.41) is 0.900. The van der Waals surface area contributed by atoms with Gasteiger partial charge >= 0.3 is 5.97 Å². The van der Waals surface area contributed by atoms with Crippen LogP contribution in [0, 0.1) is 13.8 Å². The fourth-order valence-electron chi connectivity index (χ4n) is 2.77. The van der Waals surface area contributed by atoms with Crippen molar-refractivity contribution in [2.45, 2.75) is 39.7 Å². The molecule has 5 heteroatoms. The first-order valence-electron chi connectivity index (χ1n) is 8.59. The van der Waals surface area contributed by atoms with E-state index in [0.29, 0.717) is 12.0 Å². The summed E-state index contributed by atoms with van der Waals surface area (Å²) in [5.41, 5.74) is 3.45. The summed E-state index contributed by atoms with van der Waals surface area (Å²) in [7, 11) is 0. The highest BCUT2D eigenvalue weighted by atomic mass is 32.1. The Labute approximate surface area is 156 Å². The van der Waals surface area contributed by atoms with Crippen LogP contribution in [-0.2, 0) is 16.0 Å². The van der Waals surface area contributed by atoms with E-state index in [2.05, 4.69) is 4.98 Å². The summed E-state index contributed by atoms with van der Waals surface area (Å²) >= 11 is 1.58. The predicted octanol–water partition coefficient (Wildman–Crippen LogP) is 4.66. The quantitative estimate of drug-likeness (QED) is 0.470. The lowest BCUT2D eigenvalue weighted by atomic mass is 9.99. The Morgan fingerprint density at radius 2 is 1.92 bits per heavy atom. The molecule has 134 valence electrons. The molecule has 0 bridgehead atoms. The smallest absolute Gasteiger partial charge is 0.306 e. The van der Waals surface area contributed by atoms with Gasteiger partial charge in [0.15, 0.2) is 6.10 Å². The second kappa shape index (κ2) is 7.79. The van der Waals surface area contributed by atoms with Crippen LogP contribution >= 0.6 is 11.3 Å². The second-order valence-corrected chi connectivity index (χ2v) is 7.51. The van der Waals surface area contributed by atoms with E-state index in [-0.39, 0.29) is 18.2 Å². The number of para-hydroxylation sites is 1. The van der Waals surface area contributed by atoms with Gasteiger partial charge in [-0.2, -0.15) is 0 Å². The maximum atomic E-state index is 12.6. The van der Waals surface area contributed by atoms with Gasteiger partial charge in [0, 0.05) is 12.0 Å². The summed E-state index contributed by atoms with van der Waals surface area (Å²) in [6.45, 7) is 5.44. The van der Waals surface area contributed by atoms with Gasteiger partial charge < -0.3 is 4.74 Å². The van der Waals surface area contributed by atoms with Gasteiger partial charge in [0.25, 0.3) is 0 Å². The average molecular weight is 367 g/mol. The zero-order valence-corrected chi connectivity index (χ0v) is 15.9. The number of carbonyl (C=O) groups is 2. The van der Waals surface area contributed by atoms with E-state index >= 15 is 0 Å². The molecule has 0 aliphatic heterocycles. The lowest BCUT2D eigenvalue weighted by molar-refractivity contribution is -0.146. The number of thiazole rings is 1. The fourth-order valence-corrected chi connectivity index (χ4v) is 3.73. The molecule has 0 aliphatic rings. The normalized spacial score (nSPS) is 12.1. The minimum atomic E-state index is -0.793.